The van der Waals surface area contributed by atoms with Crippen molar-refractivity contribution in [2.45, 2.75) is 13.5 Å². The lowest BCUT2D eigenvalue weighted by Gasteiger charge is -1.96. The second kappa shape index (κ2) is 2.12. The molecule has 3 rings (SSSR count). The van der Waals surface area contributed by atoms with Crippen LogP contribution in [0.1, 0.15) is 11.1 Å². The average Bonchev–Trinajstić information content (AvgIpc) is 2.62. The Hall–Kier alpha value is -1.78. The first-order valence-electron chi connectivity index (χ1n) is 4.06. The number of aryl methyl sites for hydroxylation is 1. The van der Waals surface area contributed by atoms with Crippen molar-refractivity contribution < 1.29 is 0 Å². The van der Waals surface area contributed by atoms with E-state index < -0.39 is 0 Å². The van der Waals surface area contributed by atoms with Crippen LogP contribution in [-0.2, 0) is 6.54 Å². The SMILES string of the molecule is Cc1cnc2c(c1)Cn1nnnc1-2. The molecule has 0 aliphatic carbocycles. The van der Waals surface area contributed by atoms with Gasteiger partial charge in [0.15, 0.2) is 0 Å². The van der Waals surface area contributed by atoms with Gasteiger partial charge in [-0.05, 0) is 22.9 Å². The molecule has 13 heavy (non-hydrogen) atoms. The molecule has 3 heterocycles. The summed E-state index contributed by atoms with van der Waals surface area (Å²) >= 11 is 0. The van der Waals surface area contributed by atoms with Gasteiger partial charge in [0.1, 0.15) is 5.69 Å². The van der Waals surface area contributed by atoms with E-state index >= 15 is 0 Å². The molecule has 0 atom stereocenters. The van der Waals surface area contributed by atoms with E-state index in [4.69, 9.17) is 0 Å². The van der Waals surface area contributed by atoms with Crippen LogP contribution in [0.2, 0.25) is 0 Å². The number of fused-ring (bicyclic) bond motifs is 3. The molecule has 0 N–H and O–H groups in total. The molecule has 1 aliphatic rings. The summed E-state index contributed by atoms with van der Waals surface area (Å²) in [5.74, 6) is 0.773. The highest BCUT2D eigenvalue weighted by atomic mass is 15.5. The summed E-state index contributed by atoms with van der Waals surface area (Å²) in [7, 11) is 0. The van der Waals surface area contributed by atoms with Crippen LogP contribution < -0.4 is 0 Å². The van der Waals surface area contributed by atoms with Crippen molar-refractivity contribution in [3.05, 3.63) is 23.4 Å². The van der Waals surface area contributed by atoms with E-state index in [2.05, 4.69) is 26.6 Å². The molecule has 0 saturated heterocycles. The third-order valence-corrected chi connectivity index (χ3v) is 2.17. The Morgan fingerprint density at radius 1 is 1.46 bits per heavy atom. The Morgan fingerprint density at radius 3 is 3.31 bits per heavy atom. The quantitative estimate of drug-likeness (QED) is 0.494. The van der Waals surface area contributed by atoms with Crippen LogP contribution in [-0.4, -0.2) is 25.2 Å². The maximum atomic E-state index is 4.31. The highest BCUT2D eigenvalue weighted by Crippen LogP contribution is 2.26. The van der Waals surface area contributed by atoms with Crippen LogP contribution in [0.15, 0.2) is 12.3 Å². The Kier molecular flexibility index (Phi) is 1.10. The lowest BCUT2D eigenvalue weighted by molar-refractivity contribution is 0.670. The average molecular weight is 173 g/mol. The largest absolute Gasteiger partial charge is 0.252 e. The zero-order chi connectivity index (χ0) is 8.84. The molecular formula is C8H7N5. The fourth-order valence-electron chi connectivity index (χ4n) is 1.59. The van der Waals surface area contributed by atoms with E-state index in [9.17, 15) is 0 Å². The summed E-state index contributed by atoms with van der Waals surface area (Å²) in [6, 6.07) is 2.11. The highest BCUT2D eigenvalue weighted by Gasteiger charge is 2.22. The van der Waals surface area contributed by atoms with Gasteiger partial charge in [-0.2, -0.15) is 0 Å². The van der Waals surface area contributed by atoms with E-state index in [1.807, 2.05) is 13.1 Å². The maximum Gasteiger partial charge on any atom is 0.201 e. The van der Waals surface area contributed by atoms with Crippen molar-refractivity contribution in [3.8, 4) is 11.5 Å². The van der Waals surface area contributed by atoms with Crippen LogP contribution in [0, 0.1) is 6.92 Å². The molecule has 0 radical (unpaired) electrons. The molecular weight excluding hydrogens is 166 g/mol. The normalized spacial score (nSPS) is 12.7. The van der Waals surface area contributed by atoms with Crippen molar-refractivity contribution in [2.75, 3.05) is 0 Å². The predicted molar refractivity (Wildman–Crippen MR) is 44.9 cm³/mol. The second-order valence-electron chi connectivity index (χ2n) is 3.18. The molecule has 1 aliphatic heterocycles. The van der Waals surface area contributed by atoms with Gasteiger partial charge in [-0.1, -0.05) is 6.07 Å². The van der Waals surface area contributed by atoms with Crippen LogP contribution in [0.25, 0.3) is 11.5 Å². The van der Waals surface area contributed by atoms with Gasteiger partial charge in [0.05, 0.1) is 6.54 Å². The van der Waals surface area contributed by atoms with E-state index in [1.54, 1.807) is 4.68 Å². The number of rotatable bonds is 0. The minimum atomic E-state index is 0.742. The Morgan fingerprint density at radius 2 is 2.38 bits per heavy atom. The fraction of sp³-hybridized carbons (Fsp3) is 0.250. The van der Waals surface area contributed by atoms with Gasteiger partial charge in [-0.25, -0.2) is 4.68 Å². The van der Waals surface area contributed by atoms with Gasteiger partial charge in [-0.15, -0.1) is 5.10 Å². The molecule has 0 amide bonds. The smallest absolute Gasteiger partial charge is 0.201 e. The summed E-state index contributed by atoms with van der Waals surface area (Å²) in [6.07, 6.45) is 1.84. The van der Waals surface area contributed by atoms with Crippen LogP contribution in [0.5, 0.6) is 0 Å². The van der Waals surface area contributed by atoms with E-state index in [-0.39, 0.29) is 0 Å². The first-order valence-corrected chi connectivity index (χ1v) is 4.06. The van der Waals surface area contributed by atoms with Crippen molar-refractivity contribution in [3.63, 3.8) is 0 Å². The zero-order valence-electron chi connectivity index (χ0n) is 7.10. The van der Waals surface area contributed by atoms with E-state index in [0.717, 1.165) is 23.6 Å². The minimum absolute atomic E-state index is 0.742. The van der Waals surface area contributed by atoms with Gasteiger partial charge < -0.3 is 0 Å². The summed E-state index contributed by atoms with van der Waals surface area (Å²) in [5.41, 5.74) is 3.26. The third-order valence-electron chi connectivity index (χ3n) is 2.17. The molecule has 64 valence electrons. The summed E-state index contributed by atoms with van der Waals surface area (Å²) < 4.78 is 1.76. The first-order chi connectivity index (χ1) is 6.34. The van der Waals surface area contributed by atoms with Crippen LogP contribution >= 0.6 is 0 Å². The van der Waals surface area contributed by atoms with E-state index in [1.165, 1.54) is 5.56 Å². The number of pyridine rings is 1. The van der Waals surface area contributed by atoms with Crippen molar-refractivity contribution >= 4 is 0 Å². The Balaban J connectivity index is 2.29. The van der Waals surface area contributed by atoms with Gasteiger partial charge in [-0.3, -0.25) is 4.98 Å². The number of hydrogen-bond acceptors (Lipinski definition) is 4. The monoisotopic (exact) mass is 173 g/mol. The number of hydrogen-bond donors (Lipinski definition) is 0. The van der Waals surface area contributed by atoms with E-state index in [0.29, 0.717) is 0 Å². The molecule has 2 aromatic heterocycles. The lowest BCUT2D eigenvalue weighted by Crippen LogP contribution is -1.95. The molecule has 0 fully saturated rings. The van der Waals surface area contributed by atoms with Gasteiger partial charge in [0, 0.05) is 11.8 Å². The summed E-state index contributed by atoms with van der Waals surface area (Å²) in [4.78, 5) is 4.31. The van der Waals surface area contributed by atoms with Crippen LogP contribution in [0.3, 0.4) is 0 Å². The third kappa shape index (κ3) is 0.809. The molecule has 0 spiro atoms. The molecule has 0 unspecified atom stereocenters. The Bertz CT molecular complexity index is 473. The predicted octanol–water partition coefficient (Wildman–Crippen LogP) is 0.405. The molecule has 5 nitrogen and oxygen atoms in total. The van der Waals surface area contributed by atoms with Crippen molar-refractivity contribution in [1.82, 2.24) is 25.2 Å². The van der Waals surface area contributed by atoms with Crippen molar-refractivity contribution in [2.24, 2.45) is 0 Å². The topological polar surface area (TPSA) is 56.5 Å². The Labute approximate surface area is 74.4 Å². The number of aromatic nitrogens is 5. The van der Waals surface area contributed by atoms with Gasteiger partial charge in [0.25, 0.3) is 0 Å². The summed E-state index contributed by atoms with van der Waals surface area (Å²) in [5, 5.41) is 11.4. The first kappa shape index (κ1) is 6.71. The number of tetrazole rings is 1. The number of nitrogens with zero attached hydrogens (tertiary/aromatic N) is 5. The standard InChI is InChI=1S/C8H7N5/c1-5-2-6-4-13-8(10-11-12-13)7(6)9-3-5/h2-3H,4H2,1H3. The molecule has 0 bridgehead atoms. The zero-order valence-corrected chi connectivity index (χ0v) is 7.10. The lowest BCUT2D eigenvalue weighted by atomic mass is 10.2. The molecule has 0 aromatic carbocycles. The highest BCUT2D eigenvalue weighted by molar-refractivity contribution is 5.58. The molecule has 2 aromatic rings. The maximum absolute atomic E-state index is 4.31. The van der Waals surface area contributed by atoms with Crippen molar-refractivity contribution in [1.29, 1.82) is 0 Å². The van der Waals surface area contributed by atoms with Crippen LogP contribution in [0.4, 0.5) is 0 Å². The molecule has 5 heteroatoms. The fourth-order valence-corrected chi connectivity index (χ4v) is 1.59. The van der Waals surface area contributed by atoms with Gasteiger partial charge >= 0.3 is 0 Å². The summed E-state index contributed by atoms with van der Waals surface area (Å²) in [6.45, 7) is 2.77. The van der Waals surface area contributed by atoms with Gasteiger partial charge in [0.2, 0.25) is 5.82 Å². The second-order valence-corrected chi connectivity index (χ2v) is 3.18. The minimum Gasteiger partial charge on any atom is -0.252 e. The molecule has 0 saturated carbocycles.